The summed E-state index contributed by atoms with van der Waals surface area (Å²) in [6, 6.07) is 1.98. The highest BCUT2D eigenvalue weighted by atomic mass is 32.2. The van der Waals surface area contributed by atoms with E-state index in [1.54, 1.807) is 10.4 Å². The Morgan fingerprint density at radius 1 is 1.47 bits per heavy atom. The molecule has 0 unspecified atom stereocenters. The van der Waals surface area contributed by atoms with Crippen LogP contribution < -0.4 is 5.32 Å². The molecule has 1 N–H and O–H groups in total. The van der Waals surface area contributed by atoms with Gasteiger partial charge in [-0.25, -0.2) is 8.42 Å². The first-order chi connectivity index (χ1) is 9.11. The predicted molar refractivity (Wildman–Crippen MR) is 78.9 cm³/mol. The molecule has 1 aromatic heterocycles. The molecular formula is C13H22N2O2S2. The van der Waals surface area contributed by atoms with Gasteiger partial charge in [0.25, 0.3) is 0 Å². The molecule has 0 aromatic carbocycles. The van der Waals surface area contributed by atoms with Crippen LogP contribution in [0.5, 0.6) is 0 Å². The maximum absolute atomic E-state index is 12.8. The summed E-state index contributed by atoms with van der Waals surface area (Å²) in [6.07, 6.45) is 3.97. The zero-order chi connectivity index (χ0) is 13.9. The van der Waals surface area contributed by atoms with Crippen LogP contribution in [0.3, 0.4) is 0 Å². The van der Waals surface area contributed by atoms with Crippen molar-refractivity contribution in [1.29, 1.82) is 0 Å². The molecule has 1 saturated carbocycles. The van der Waals surface area contributed by atoms with E-state index in [1.165, 1.54) is 11.3 Å². The van der Waals surface area contributed by atoms with Crippen molar-refractivity contribution in [1.82, 2.24) is 9.62 Å². The number of rotatable bonds is 8. The lowest BCUT2D eigenvalue weighted by Gasteiger charge is -2.21. The van der Waals surface area contributed by atoms with Crippen molar-refractivity contribution in [3.8, 4) is 0 Å². The van der Waals surface area contributed by atoms with Crippen molar-refractivity contribution >= 4 is 21.4 Å². The highest BCUT2D eigenvalue weighted by Gasteiger charge is 2.38. The molecule has 1 heterocycles. The number of nitrogens with one attached hydrogen (secondary N) is 1. The monoisotopic (exact) mass is 302 g/mol. The Morgan fingerprint density at radius 3 is 2.79 bits per heavy atom. The lowest BCUT2D eigenvalue weighted by Crippen LogP contribution is -2.34. The maximum atomic E-state index is 12.8. The first-order valence-corrected chi connectivity index (χ1v) is 9.16. The Kier molecular flexibility index (Phi) is 5.00. The van der Waals surface area contributed by atoms with Crippen molar-refractivity contribution in [3.05, 3.63) is 16.3 Å². The summed E-state index contributed by atoms with van der Waals surface area (Å²) in [4.78, 5) is 1.40. The predicted octanol–water partition coefficient (Wildman–Crippen LogP) is 2.42. The number of thiophene rings is 1. The van der Waals surface area contributed by atoms with Gasteiger partial charge in [-0.15, -0.1) is 11.3 Å². The van der Waals surface area contributed by atoms with Crippen molar-refractivity contribution in [2.24, 2.45) is 0 Å². The van der Waals surface area contributed by atoms with Gasteiger partial charge in [-0.1, -0.05) is 13.3 Å². The van der Waals surface area contributed by atoms with Crippen LogP contribution in [0.15, 0.2) is 16.3 Å². The Labute approximate surface area is 119 Å². The molecule has 0 saturated heterocycles. The molecule has 0 bridgehead atoms. The van der Waals surface area contributed by atoms with Crippen molar-refractivity contribution < 1.29 is 8.42 Å². The van der Waals surface area contributed by atoms with Crippen LogP contribution in [0.1, 0.15) is 37.5 Å². The van der Waals surface area contributed by atoms with E-state index in [0.717, 1.165) is 30.6 Å². The summed E-state index contributed by atoms with van der Waals surface area (Å²) in [5.41, 5.74) is 0. The Balaban J connectivity index is 2.25. The summed E-state index contributed by atoms with van der Waals surface area (Å²) >= 11 is 1.51. The summed E-state index contributed by atoms with van der Waals surface area (Å²) in [5, 5.41) is 4.90. The third-order valence-electron chi connectivity index (χ3n) is 3.31. The Bertz CT molecular complexity index is 506. The summed E-state index contributed by atoms with van der Waals surface area (Å²) in [5.74, 6) is 0. The van der Waals surface area contributed by atoms with Gasteiger partial charge in [0.2, 0.25) is 10.0 Å². The molecule has 108 valence electrons. The smallest absolute Gasteiger partial charge is 0.244 e. The summed E-state index contributed by atoms with van der Waals surface area (Å²) in [7, 11) is -1.48. The number of hydrogen-bond acceptors (Lipinski definition) is 4. The van der Waals surface area contributed by atoms with Gasteiger partial charge in [-0.3, -0.25) is 0 Å². The fourth-order valence-electron chi connectivity index (χ4n) is 2.15. The van der Waals surface area contributed by atoms with E-state index in [4.69, 9.17) is 0 Å². The molecule has 1 aromatic rings. The Morgan fingerprint density at radius 2 is 2.21 bits per heavy atom. The molecule has 0 radical (unpaired) electrons. The van der Waals surface area contributed by atoms with Gasteiger partial charge in [0, 0.05) is 24.0 Å². The van der Waals surface area contributed by atoms with Gasteiger partial charge in [-0.2, -0.15) is 4.31 Å². The first kappa shape index (κ1) is 15.0. The average Bonchev–Trinajstić information content (AvgIpc) is 3.08. The molecule has 6 heteroatoms. The molecule has 0 atom stereocenters. The van der Waals surface area contributed by atoms with E-state index in [9.17, 15) is 8.42 Å². The fraction of sp³-hybridized carbons (Fsp3) is 0.692. The zero-order valence-corrected chi connectivity index (χ0v) is 13.2. The van der Waals surface area contributed by atoms with Crippen LogP contribution in [0, 0.1) is 0 Å². The lowest BCUT2D eigenvalue weighted by molar-refractivity contribution is 0.395. The van der Waals surface area contributed by atoms with E-state index in [1.807, 2.05) is 12.4 Å². The van der Waals surface area contributed by atoms with Crippen LogP contribution in [-0.4, -0.2) is 32.4 Å². The van der Waals surface area contributed by atoms with Crippen molar-refractivity contribution in [3.63, 3.8) is 0 Å². The molecule has 19 heavy (non-hydrogen) atoms. The topological polar surface area (TPSA) is 49.4 Å². The lowest BCUT2D eigenvalue weighted by atomic mass is 10.3. The first-order valence-electron chi connectivity index (χ1n) is 6.84. The van der Waals surface area contributed by atoms with Gasteiger partial charge in [-0.05, 0) is 37.8 Å². The van der Waals surface area contributed by atoms with E-state index in [0.29, 0.717) is 18.0 Å². The van der Waals surface area contributed by atoms with Crippen molar-refractivity contribution in [2.75, 3.05) is 13.6 Å². The molecule has 0 aliphatic heterocycles. The van der Waals surface area contributed by atoms with E-state index in [2.05, 4.69) is 12.2 Å². The fourth-order valence-corrected chi connectivity index (χ4v) is 5.30. The van der Waals surface area contributed by atoms with Crippen LogP contribution >= 0.6 is 11.3 Å². The van der Waals surface area contributed by atoms with Crippen LogP contribution in [0.4, 0.5) is 0 Å². The third-order valence-corrected chi connectivity index (χ3v) is 6.40. The Hall–Kier alpha value is -0.430. The average molecular weight is 302 g/mol. The second kappa shape index (κ2) is 6.35. The largest absolute Gasteiger partial charge is 0.315 e. The van der Waals surface area contributed by atoms with Crippen molar-refractivity contribution in [2.45, 2.75) is 50.1 Å². The SMILES string of the molecule is CCCCN(C1CC1)S(=O)(=O)c1ccsc1CNC. The van der Waals surface area contributed by atoms with Crippen LogP contribution in [0.25, 0.3) is 0 Å². The van der Waals surface area contributed by atoms with Gasteiger partial charge in [0.15, 0.2) is 0 Å². The highest BCUT2D eigenvalue weighted by Crippen LogP contribution is 2.34. The third kappa shape index (κ3) is 3.37. The summed E-state index contributed by atoms with van der Waals surface area (Å²) in [6.45, 7) is 3.35. The van der Waals surface area contributed by atoms with E-state index >= 15 is 0 Å². The van der Waals surface area contributed by atoms with Crippen LogP contribution in [-0.2, 0) is 16.6 Å². The molecule has 1 aliphatic rings. The van der Waals surface area contributed by atoms with E-state index < -0.39 is 10.0 Å². The quantitative estimate of drug-likeness (QED) is 0.802. The summed E-state index contributed by atoms with van der Waals surface area (Å²) < 4.78 is 27.3. The molecule has 2 rings (SSSR count). The molecular weight excluding hydrogens is 280 g/mol. The molecule has 0 amide bonds. The number of sulfonamides is 1. The number of unbranched alkanes of at least 4 members (excludes halogenated alkanes) is 1. The second-order valence-electron chi connectivity index (χ2n) is 4.94. The normalized spacial score (nSPS) is 16.2. The van der Waals surface area contributed by atoms with Gasteiger partial charge >= 0.3 is 0 Å². The van der Waals surface area contributed by atoms with Crippen LogP contribution in [0.2, 0.25) is 0 Å². The number of nitrogens with zero attached hydrogens (tertiary/aromatic N) is 1. The van der Waals surface area contributed by atoms with Gasteiger partial charge in [0.1, 0.15) is 0 Å². The highest BCUT2D eigenvalue weighted by molar-refractivity contribution is 7.89. The molecule has 0 spiro atoms. The number of hydrogen-bond donors (Lipinski definition) is 1. The second-order valence-corrected chi connectivity index (χ2v) is 7.80. The maximum Gasteiger partial charge on any atom is 0.244 e. The standard InChI is InChI=1S/C13H22N2O2S2/c1-3-4-8-15(11-5-6-11)19(16,17)13-7-9-18-12(13)10-14-2/h7,9,11,14H,3-6,8,10H2,1-2H3. The van der Waals surface area contributed by atoms with Gasteiger partial charge in [0.05, 0.1) is 4.90 Å². The molecule has 1 fully saturated rings. The minimum atomic E-state index is -3.32. The minimum absolute atomic E-state index is 0.235. The minimum Gasteiger partial charge on any atom is -0.315 e. The van der Waals surface area contributed by atoms with Gasteiger partial charge < -0.3 is 5.32 Å². The van der Waals surface area contributed by atoms with E-state index in [-0.39, 0.29) is 6.04 Å². The molecule has 1 aliphatic carbocycles. The zero-order valence-electron chi connectivity index (χ0n) is 11.6. The molecule has 4 nitrogen and oxygen atoms in total.